The van der Waals surface area contributed by atoms with Crippen LogP contribution in [0.2, 0.25) is 0 Å². The van der Waals surface area contributed by atoms with Gasteiger partial charge in [-0.2, -0.15) is 5.10 Å². The van der Waals surface area contributed by atoms with Gasteiger partial charge in [0, 0.05) is 23.3 Å². The van der Waals surface area contributed by atoms with Crippen molar-refractivity contribution in [2.75, 3.05) is 5.73 Å². The van der Waals surface area contributed by atoms with Gasteiger partial charge in [0.25, 0.3) is 5.56 Å². The van der Waals surface area contributed by atoms with Gasteiger partial charge in [-0.05, 0) is 41.0 Å². The number of nitrogens with two attached hydrogens (primary N) is 1. The van der Waals surface area contributed by atoms with Gasteiger partial charge in [-0.3, -0.25) is 9.89 Å². The van der Waals surface area contributed by atoms with Gasteiger partial charge in [0.2, 0.25) is 0 Å². The van der Waals surface area contributed by atoms with Crippen molar-refractivity contribution in [3.05, 3.63) is 82.9 Å². The number of rotatable bonds is 3. The zero-order chi connectivity index (χ0) is 16.5. The minimum atomic E-state index is -0.0382. The molecule has 0 aliphatic carbocycles. The molecule has 0 radical (unpaired) electrons. The summed E-state index contributed by atoms with van der Waals surface area (Å²) in [7, 11) is 0. The summed E-state index contributed by atoms with van der Waals surface area (Å²) in [4.78, 5) is 12.2. The first-order valence-corrected chi connectivity index (χ1v) is 7.67. The second-order valence-corrected chi connectivity index (χ2v) is 5.80. The van der Waals surface area contributed by atoms with Gasteiger partial charge in [-0.1, -0.05) is 24.3 Å². The number of H-pyrrole nitrogens is 1. The summed E-state index contributed by atoms with van der Waals surface area (Å²) in [5, 5.41) is 8.07. The van der Waals surface area contributed by atoms with Gasteiger partial charge in [0.05, 0.1) is 18.3 Å². The first-order chi connectivity index (χ1) is 11.7. The highest BCUT2D eigenvalue weighted by Gasteiger charge is 2.05. The molecule has 0 saturated carbocycles. The molecule has 0 fully saturated rings. The second-order valence-electron chi connectivity index (χ2n) is 5.80. The number of anilines is 1. The Morgan fingerprint density at radius 3 is 2.72 bits per heavy atom. The maximum Gasteiger partial charge on any atom is 0.250 e. The molecule has 0 amide bonds. The topological polar surface area (TPSA) is 76.7 Å². The highest BCUT2D eigenvalue weighted by Crippen LogP contribution is 2.22. The third-order valence-corrected chi connectivity index (χ3v) is 4.06. The van der Waals surface area contributed by atoms with E-state index in [1.165, 1.54) is 0 Å². The summed E-state index contributed by atoms with van der Waals surface area (Å²) in [6.45, 7) is 0.490. The molecule has 2 heterocycles. The highest BCUT2D eigenvalue weighted by atomic mass is 35.5. The molecule has 3 N–H and O–H groups in total. The molecule has 0 saturated heterocycles. The van der Waals surface area contributed by atoms with Crippen LogP contribution in [-0.2, 0) is 6.54 Å². The Morgan fingerprint density at radius 2 is 1.88 bits per heavy atom. The Hall–Kier alpha value is -3.05. The third kappa shape index (κ3) is 3.41. The van der Waals surface area contributed by atoms with E-state index in [2.05, 4.69) is 10.2 Å². The SMILES string of the molecule is Cl.Nc1cccc(Cn2cc(-c3ccc4cn[nH]c4c3)ccc2=O)c1. The molecule has 2 aromatic heterocycles. The Kier molecular flexibility index (Phi) is 4.59. The minimum absolute atomic E-state index is 0. The maximum atomic E-state index is 12.2. The molecule has 126 valence electrons. The van der Waals surface area contributed by atoms with Crippen molar-refractivity contribution >= 4 is 29.0 Å². The Balaban J connectivity index is 0.00000182. The van der Waals surface area contributed by atoms with Crippen molar-refractivity contribution in [1.29, 1.82) is 0 Å². The molecule has 0 spiro atoms. The fourth-order valence-electron chi connectivity index (χ4n) is 2.83. The van der Waals surface area contributed by atoms with Gasteiger partial charge in [-0.25, -0.2) is 0 Å². The lowest BCUT2D eigenvalue weighted by atomic mass is 10.1. The van der Waals surface area contributed by atoms with Crippen LogP contribution in [0.3, 0.4) is 0 Å². The molecule has 6 heteroatoms. The van der Waals surface area contributed by atoms with E-state index in [-0.39, 0.29) is 18.0 Å². The monoisotopic (exact) mass is 352 g/mol. The van der Waals surface area contributed by atoms with E-state index >= 15 is 0 Å². The van der Waals surface area contributed by atoms with Gasteiger partial charge in [-0.15, -0.1) is 12.4 Å². The number of aromatic amines is 1. The summed E-state index contributed by atoms with van der Waals surface area (Å²) in [5.41, 5.74) is 10.5. The lowest BCUT2D eigenvalue weighted by molar-refractivity contribution is 0.761. The van der Waals surface area contributed by atoms with Crippen LogP contribution in [0.15, 0.2) is 71.8 Å². The molecule has 25 heavy (non-hydrogen) atoms. The molecule has 0 bridgehead atoms. The molecule has 0 aliphatic heterocycles. The van der Waals surface area contributed by atoms with Crippen LogP contribution in [0, 0.1) is 0 Å². The number of halogens is 1. The first-order valence-electron chi connectivity index (χ1n) is 7.67. The zero-order valence-corrected chi connectivity index (χ0v) is 14.2. The van der Waals surface area contributed by atoms with Gasteiger partial charge < -0.3 is 10.3 Å². The number of fused-ring (bicyclic) bond motifs is 1. The standard InChI is InChI=1S/C19H16N4O.ClH/c20-17-3-1-2-13(8-17)11-23-12-16(6-7-19(23)24)14-4-5-15-10-21-22-18(15)9-14;/h1-10,12H,11,20H2,(H,21,22);1H. The number of nitrogens with one attached hydrogen (secondary N) is 1. The van der Waals surface area contributed by atoms with Crippen LogP contribution in [0.25, 0.3) is 22.0 Å². The molecule has 0 atom stereocenters. The molecule has 0 unspecified atom stereocenters. The molecule has 4 rings (SSSR count). The quantitative estimate of drug-likeness (QED) is 0.554. The number of nitrogens with zero attached hydrogens (tertiary/aromatic N) is 2. The fraction of sp³-hybridized carbons (Fsp3) is 0.0526. The van der Waals surface area contributed by atoms with Gasteiger partial charge >= 0.3 is 0 Å². The Labute approximate surface area is 150 Å². The van der Waals surface area contributed by atoms with E-state index in [1.807, 2.05) is 54.7 Å². The van der Waals surface area contributed by atoms with Crippen LogP contribution in [0.1, 0.15) is 5.56 Å². The molecule has 5 nitrogen and oxygen atoms in total. The van der Waals surface area contributed by atoms with Crippen molar-refractivity contribution in [1.82, 2.24) is 14.8 Å². The van der Waals surface area contributed by atoms with E-state index in [9.17, 15) is 4.79 Å². The number of aromatic nitrogens is 3. The highest BCUT2D eigenvalue weighted by molar-refractivity contribution is 5.85. The first kappa shape index (κ1) is 16.8. The van der Waals surface area contributed by atoms with Crippen LogP contribution < -0.4 is 11.3 Å². The summed E-state index contributed by atoms with van der Waals surface area (Å²) in [6.07, 6.45) is 3.67. The third-order valence-electron chi connectivity index (χ3n) is 4.06. The zero-order valence-electron chi connectivity index (χ0n) is 13.3. The lowest BCUT2D eigenvalue weighted by Gasteiger charge is -2.09. The lowest BCUT2D eigenvalue weighted by Crippen LogP contribution is -2.19. The van der Waals surface area contributed by atoms with Gasteiger partial charge in [0.15, 0.2) is 0 Å². The fourth-order valence-corrected chi connectivity index (χ4v) is 2.83. The molecule has 4 aromatic rings. The summed E-state index contributed by atoms with van der Waals surface area (Å²) < 4.78 is 1.70. The Bertz CT molecular complexity index is 1080. The number of hydrogen-bond acceptors (Lipinski definition) is 3. The van der Waals surface area contributed by atoms with E-state index in [0.29, 0.717) is 12.2 Å². The number of benzene rings is 2. The number of nitrogen functional groups attached to an aromatic ring is 1. The second kappa shape index (κ2) is 6.83. The predicted molar refractivity (Wildman–Crippen MR) is 103 cm³/mol. The predicted octanol–water partition coefficient (Wildman–Crippen LogP) is 3.44. The average molecular weight is 353 g/mol. The average Bonchev–Trinajstić information content (AvgIpc) is 3.04. The molecule has 0 aliphatic rings. The largest absolute Gasteiger partial charge is 0.399 e. The number of hydrogen-bond donors (Lipinski definition) is 2. The number of pyridine rings is 1. The normalized spacial score (nSPS) is 10.6. The van der Waals surface area contributed by atoms with Crippen molar-refractivity contribution in [2.24, 2.45) is 0 Å². The summed E-state index contributed by atoms with van der Waals surface area (Å²) >= 11 is 0. The van der Waals surface area contributed by atoms with Crippen LogP contribution in [0.5, 0.6) is 0 Å². The molecular formula is C19H17ClN4O. The van der Waals surface area contributed by atoms with E-state index in [4.69, 9.17) is 5.73 Å². The van der Waals surface area contributed by atoms with Crippen molar-refractivity contribution < 1.29 is 0 Å². The van der Waals surface area contributed by atoms with Crippen LogP contribution >= 0.6 is 12.4 Å². The maximum absolute atomic E-state index is 12.2. The van der Waals surface area contributed by atoms with Gasteiger partial charge in [0.1, 0.15) is 0 Å². The minimum Gasteiger partial charge on any atom is -0.399 e. The molecular weight excluding hydrogens is 336 g/mol. The van der Waals surface area contributed by atoms with Crippen molar-refractivity contribution in [2.45, 2.75) is 6.54 Å². The van der Waals surface area contributed by atoms with E-state index < -0.39 is 0 Å². The summed E-state index contributed by atoms with van der Waals surface area (Å²) in [6, 6.07) is 17.1. The van der Waals surface area contributed by atoms with Crippen LogP contribution in [0.4, 0.5) is 5.69 Å². The van der Waals surface area contributed by atoms with Crippen molar-refractivity contribution in [3.63, 3.8) is 0 Å². The Morgan fingerprint density at radius 1 is 1.04 bits per heavy atom. The van der Waals surface area contributed by atoms with E-state index in [1.54, 1.807) is 16.8 Å². The smallest absolute Gasteiger partial charge is 0.250 e. The van der Waals surface area contributed by atoms with E-state index in [0.717, 1.165) is 27.6 Å². The summed E-state index contributed by atoms with van der Waals surface area (Å²) in [5.74, 6) is 0. The molecule has 2 aromatic carbocycles. The van der Waals surface area contributed by atoms with Crippen molar-refractivity contribution in [3.8, 4) is 11.1 Å². The van der Waals surface area contributed by atoms with Crippen LogP contribution in [-0.4, -0.2) is 14.8 Å².